The van der Waals surface area contributed by atoms with Gasteiger partial charge in [-0.1, -0.05) is 29.8 Å². The number of anilines is 1. The maximum Gasteiger partial charge on any atom is 0.243 e. The van der Waals surface area contributed by atoms with E-state index in [2.05, 4.69) is 32.2 Å². The highest BCUT2D eigenvalue weighted by atomic mass is 35.5. The summed E-state index contributed by atoms with van der Waals surface area (Å²) in [7, 11) is 3.03. The smallest absolute Gasteiger partial charge is 0.243 e. The van der Waals surface area contributed by atoms with E-state index in [1.54, 1.807) is 18.5 Å². The summed E-state index contributed by atoms with van der Waals surface area (Å²) in [6.07, 6.45) is 4.49. The number of nitrogens with zero attached hydrogens (tertiary/aromatic N) is 3. The Bertz CT molecular complexity index is 1190. The van der Waals surface area contributed by atoms with Crippen LogP contribution in [0.1, 0.15) is 0 Å². The van der Waals surface area contributed by atoms with Gasteiger partial charge in [-0.05, 0) is 12.1 Å². The van der Waals surface area contributed by atoms with Gasteiger partial charge in [-0.25, -0.2) is 9.97 Å². The standard InChI is InChI=1S/C22H21Cl2N5O4/c1-4-17(30)27-13-9-33-10-14(13)28-22-26-8-12-5-11(7-25-21(12)29-22)18-19(23)15(31-2)6-16(32-3)20(18)24/h4-8,13-14H,1,9-10H2,2-3H3,(H,27,30)(H,25,26,28,29). The molecule has 0 spiro atoms. The Labute approximate surface area is 200 Å². The lowest BCUT2D eigenvalue weighted by Crippen LogP contribution is -2.45. The van der Waals surface area contributed by atoms with Crippen LogP contribution in [-0.4, -0.2) is 60.4 Å². The second-order valence-corrected chi connectivity index (χ2v) is 7.98. The van der Waals surface area contributed by atoms with Crippen molar-refractivity contribution in [3.05, 3.63) is 47.2 Å². The van der Waals surface area contributed by atoms with E-state index in [0.29, 0.717) is 62.9 Å². The molecule has 2 unspecified atom stereocenters. The minimum atomic E-state index is -0.266. The molecule has 11 heteroatoms. The summed E-state index contributed by atoms with van der Waals surface area (Å²) in [5, 5.41) is 7.40. The number of hydrogen-bond donors (Lipinski definition) is 2. The van der Waals surface area contributed by atoms with Crippen molar-refractivity contribution in [3.8, 4) is 22.6 Å². The third kappa shape index (κ3) is 4.66. The number of aromatic nitrogens is 3. The number of pyridine rings is 1. The Morgan fingerprint density at radius 3 is 2.48 bits per heavy atom. The summed E-state index contributed by atoms with van der Waals surface area (Å²) in [6, 6.07) is 3.05. The Kier molecular flexibility index (Phi) is 6.83. The van der Waals surface area contributed by atoms with Crippen molar-refractivity contribution in [1.82, 2.24) is 20.3 Å². The van der Waals surface area contributed by atoms with Crippen LogP contribution in [-0.2, 0) is 9.53 Å². The van der Waals surface area contributed by atoms with E-state index in [4.69, 9.17) is 37.4 Å². The number of hydrogen-bond acceptors (Lipinski definition) is 8. The summed E-state index contributed by atoms with van der Waals surface area (Å²) in [6.45, 7) is 4.26. The van der Waals surface area contributed by atoms with E-state index in [9.17, 15) is 4.79 Å². The molecule has 1 aromatic carbocycles. The number of ether oxygens (including phenoxy) is 3. The predicted molar refractivity (Wildman–Crippen MR) is 126 cm³/mol. The first-order valence-corrected chi connectivity index (χ1v) is 10.7. The van der Waals surface area contributed by atoms with Gasteiger partial charge < -0.3 is 24.8 Å². The zero-order valence-electron chi connectivity index (χ0n) is 17.9. The molecule has 1 aliphatic rings. The van der Waals surface area contributed by atoms with E-state index in [0.717, 1.165) is 0 Å². The summed E-state index contributed by atoms with van der Waals surface area (Å²) in [5.41, 5.74) is 1.68. The van der Waals surface area contributed by atoms with Gasteiger partial charge in [0.2, 0.25) is 11.9 Å². The summed E-state index contributed by atoms with van der Waals surface area (Å²) < 4.78 is 16.2. The average molecular weight is 490 g/mol. The van der Waals surface area contributed by atoms with E-state index >= 15 is 0 Å². The lowest BCUT2D eigenvalue weighted by Gasteiger charge is -2.19. The molecule has 0 aliphatic carbocycles. The fourth-order valence-electron chi connectivity index (χ4n) is 3.51. The second-order valence-electron chi connectivity index (χ2n) is 7.22. The van der Waals surface area contributed by atoms with Crippen molar-refractivity contribution < 1.29 is 19.0 Å². The molecule has 3 aromatic rings. The SMILES string of the molecule is C=CC(=O)NC1COCC1Nc1ncc2cc(-c3c(Cl)c(OC)cc(OC)c3Cl)cnc2n1. The highest BCUT2D eigenvalue weighted by molar-refractivity contribution is 6.41. The lowest BCUT2D eigenvalue weighted by atomic mass is 10.1. The summed E-state index contributed by atoms with van der Waals surface area (Å²) in [4.78, 5) is 25.0. The van der Waals surface area contributed by atoms with Gasteiger partial charge in [-0.3, -0.25) is 4.79 Å². The molecule has 2 aromatic heterocycles. The van der Waals surface area contributed by atoms with Crippen molar-refractivity contribution in [3.63, 3.8) is 0 Å². The van der Waals surface area contributed by atoms with Crippen LogP contribution in [0.2, 0.25) is 10.0 Å². The largest absolute Gasteiger partial charge is 0.495 e. The van der Waals surface area contributed by atoms with Crippen LogP contribution < -0.4 is 20.1 Å². The van der Waals surface area contributed by atoms with Crippen LogP contribution in [0.25, 0.3) is 22.2 Å². The Hall–Kier alpha value is -3.14. The number of fused-ring (bicyclic) bond motifs is 1. The number of nitrogens with one attached hydrogen (secondary N) is 2. The number of benzene rings is 1. The molecule has 1 aliphatic heterocycles. The average Bonchev–Trinajstić information content (AvgIpc) is 3.25. The number of carbonyl (C=O) groups is 1. The fourth-order valence-corrected chi connectivity index (χ4v) is 4.23. The Balaban J connectivity index is 1.63. The maximum atomic E-state index is 11.6. The van der Waals surface area contributed by atoms with Crippen LogP contribution in [0.15, 0.2) is 37.2 Å². The van der Waals surface area contributed by atoms with Crippen molar-refractivity contribution in [2.24, 2.45) is 0 Å². The molecular weight excluding hydrogens is 469 g/mol. The molecule has 0 saturated carbocycles. The van der Waals surface area contributed by atoms with E-state index < -0.39 is 0 Å². The van der Waals surface area contributed by atoms with E-state index in [1.165, 1.54) is 20.3 Å². The maximum absolute atomic E-state index is 11.6. The molecule has 2 atom stereocenters. The molecule has 9 nitrogen and oxygen atoms in total. The third-order valence-electron chi connectivity index (χ3n) is 5.20. The number of carbonyl (C=O) groups excluding carboxylic acids is 1. The predicted octanol–water partition coefficient (Wildman–Crippen LogP) is 3.50. The van der Waals surface area contributed by atoms with Crippen LogP contribution >= 0.6 is 23.2 Å². The Morgan fingerprint density at radius 2 is 1.82 bits per heavy atom. The van der Waals surface area contributed by atoms with Gasteiger partial charge in [0.25, 0.3) is 0 Å². The minimum absolute atomic E-state index is 0.188. The van der Waals surface area contributed by atoms with E-state index in [-0.39, 0.29) is 18.0 Å². The third-order valence-corrected chi connectivity index (χ3v) is 5.95. The van der Waals surface area contributed by atoms with Gasteiger partial charge in [0.15, 0.2) is 5.65 Å². The fraction of sp³-hybridized carbons (Fsp3) is 0.273. The highest BCUT2D eigenvalue weighted by Crippen LogP contribution is 2.46. The highest BCUT2D eigenvalue weighted by Gasteiger charge is 2.29. The number of rotatable bonds is 7. The van der Waals surface area contributed by atoms with Gasteiger partial charge in [0.05, 0.1) is 49.6 Å². The zero-order valence-corrected chi connectivity index (χ0v) is 19.4. The van der Waals surface area contributed by atoms with E-state index in [1.807, 2.05) is 6.07 Å². The minimum Gasteiger partial charge on any atom is -0.495 e. The van der Waals surface area contributed by atoms with Crippen LogP contribution in [0.3, 0.4) is 0 Å². The van der Waals surface area contributed by atoms with Crippen molar-refractivity contribution in [2.45, 2.75) is 12.1 Å². The molecular formula is C22H21Cl2N5O4. The monoisotopic (exact) mass is 489 g/mol. The van der Waals surface area contributed by atoms with Crippen LogP contribution in [0.5, 0.6) is 11.5 Å². The van der Waals surface area contributed by atoms with Crippen molar-refractivity contribution >= 4 is 46.1 Å². The molecule has 1 saturated heterocycles. The van der Waals surface area contributed by atoms with Crippen molar-refractivity contribution in [2.75, 3.05) is 32.8 Å². The second kappa shape index (κ2) is 9.78. The zero-order chi connectivity index (χ0) is 23.5. The van der Waals surface area contributed by atoms with Gasteiger partial charge in [0.1, 0.15) is 11.5 Å². The molecule has 172 valence electrons. The summed E-state index contributed by atoms with van der Waals surface area (Å²) in [5.74, 6) is 0.967. The van der Waals surface area contributed by atoms with Crippen LogP contribution in [0.4, 0.5) is 5.95 Å². The number of methoxy groups -OCH3 is 2. The van der Waals surface area contributed by atoms with Gasteiger partial charge in [-0.15, -0.1) is 0 Å². The van der Waals surface area contributed by atoms with Gasteiger partial charge >= 0.3 is 0 Å². The molecule has 0 bridgehead atoms. The quantitative estimate of drug-likeness (QED) is 0.485. The molecule has 0 radical (unpaired) electrons. The normalized spacial score (nSPS) is 17.6. The first-order chi connectivity index (χ1) is 15.9. The van der Waals surface area contributed by atoms with Crippen LogP contribution in [0, 0.1) is 0 Å². The molecule has 33 heavy (non-hydrogen) atoms. The molecule has 3 heterocycles. The summed E-state index contributed by atoms with van der Waals surface area (Å²) >= 11 is 13.1. The Morgan fingerprint density at radius 1 is 1.12 bits per heavy atom. The molecule has 1 fully saturated rings. The van der Waals surface area contributed by atoms with Crippen molar-refractivity contribution in [1.29, 1.82) is 0 Å². The first-order valence-electron chi connectivity index (χ1n) is 9.95. The lowest BCUT2D eigenvalue weighted by molar-refractivity contribution is -0.117. The molecule has 4 rings (SSSR count). The molecule has 1 amide bonds. The number of amides is 1. The number of halogens is 2. The van der Waals surface area contributed by atoms with Gasteiger partial charge in [-0.2, -0.15) is 4.98 Å². The topological polar surface area (TPSA) is 107 Å². The molecule has 2 N–H and O–H groups in total. The first kappa shape index (κ1) is 23.0. The van der Waals surface area contributed by atoms with Gasteiger partial charge in [0, 0.05) is 35.0 Å².